The van der Waals surface area contributed by atoms with Crippen LogP contribution in [0.1, 0.15) is 11.3 Å². The molecule has 0 unspecified atom stereocenters. The van der Waals surface area contributed by atoms with Crippen LogP contribution in [0.3, 0.4) is 0 Å². The van der Waals surface area contributed by atoms with E-state index in [0.29, 0.717) is 6.42 Å². The summed E-state index contributed by atoms with van der Waals surface area (Å²) < 4.78 is 1.77. The first kappa shape index (κ1) is 6.81. The minimum Gasteiger partial charge on any atom is -0.273 e. The molecule has 3 heteroatoms. The van der Waals surface area contributed by atoms with E-state index in [0.717, 1.165) is 11.3 Å². The predicted octanol–water partition coefficient (Wildman–Crippen LogP) is 0.795. The molecule has 1 aromatic rings. The van der Waals surface area contributed by atoms with Gasteiger partial charge in [-0.15, -0.1) is 0 Å². The summed E-state index contributed by atoms with van der Waals surface area (Å²) in [7, 11) is 1.87. The lowest BCUT2D eigenvalue weighted by Crippen LogP contribution is -1.93. The van der Waals surface area contributed by atoms with E-state index in [4.69, 9.17) is 5.26 Å². The molecule has 0 aliphatic carbocycles. The van der Waals surface area contributed by atoms with Gasteiger partial charge in [0.15, 0.2) is 0 Å². The fraction of sp³-hybridized carbons (Fsp3) is 0.429. The maximum Gasteiger partial charge on any atom is 0.0671 e. The Morgan fingerprint density at radius 2 is 2.50 bits per heavy atom. The lowest BCUT2D eigenvalue weighted by atomic mass is 10.2. The fourth-order valence-corrected chi connectivity index (χ4v) is 0.803. The summed E-state index contributed by atoms with van der Waals surface area (Å²) in [5, 5.41) is 12.4. The van der Waals surface area contributed by atoms with Gasteiger partial charge in [-0.1, -0.05) is 0 Å². The molecule has 0 atom stereocenters. The quantitative estimate of drug-likeness (QED) is 0.571. The maximum atomic E-state index is 8.37. The van der Waals surface area contributed by atoms with Crippen LogP contribution in [0.25, 0.3) is 0 Å². The molecule has 0 aromatic carbocycles. The number of nitrogens with zero attached hydrogens (tertiary/aromatic N) is 3. The van der Waals surface area contributed by atoms with E-state index in [2.05, 4.69) is 11.2 Å². The molecule has 3 nitrogen and oxygen atoms in total. The normalized spacial score (nSPS) is 9.30. The van der Waals surface area contributed by atoms with Gasteiger partial charge in [0.2, 0.25) is 0 Å². The topological polar surface area (TPSA) is 41.6 Å². The summed E-state index contributed by atoms with van der Waals surface area (Å²) in [6.45, 7) is 1.96. The van der Waals surface area contributed by atoms with Crippen LogP contribution in [0.15, 0.2) is 6.20 Å². The van der Waals surface area contributed by atoms with Crippen LogP contribution in [0, 0.1) is 18.3 Å². The van der Waals surface area contributed by atoms with E-state index < -0.39 is 0 Å². The number of rotatable bonds is 1. The van der Waals surface area contributed by atoms with Gasteiger partial charge in [-0.3, -0.25) is 4.68 Å². The van der Waals surface area contributed by atoms with Crippen molar-refractivity contribution in [2.24, 2.45) is 7.05 Å². The molecule has 0 amide bonds. The van der Waals surface area contributed by atoms with Crippen LogP contribution in [-0.2, 0) is 13.5 Å². The third kappa shape index (κ3) is 1.01. The van der Waals surface area contributed by atoms with Gasteiger partial charge in [0.05, 0.1) is 18.7 Å². The average molecular weight is 135 g/mol. The van der Waals surface area contributed by atoms with Crippen LogP contribution in [-0.4, -0.2) is 9.78 Å². The Hall–Kier alpha value is -1.30. The Kier molecular flexibility index (Phi) is 1.72. The first-order valence-corrected chi connectivity index (χ1v) is 3.10. The van der Waals surface area contributed by atoms with Crippen LogP contribution >= 0.6 is 0 Å². The highest BCUT2D eigenvalue weighted by atomic mass is 15.3. The van der Waals surface area contributed by atoms with Crippen molar-refractivity contribution in [2.75, 3.05) is 0 Å². The Balaban J connectivity index is 2.96. The molecule has 0 bridgehead atoms. The summed E-state index contributed by atoms with van der Waals surface area (Å²) in [6.07, 6.45) is 2.19. The van der Waals surface area contributed by atoms with Crippen molar-refractivity contribution in [3.05, 3.63) is 17.5 Å². The molecule has 0 saturated heterocycles. The molecule has 10 heavy (non-hydrogen) atoms. The van der Waals surface area contributed by atoms with E-state index in [-0.39, 0.29) is 0 Å². The van der Waals surface area contributed by atoms with Crippen molar-refractivity contribution in [2.45, 2.75) is 13.3 Å². The minimum absolute atomic E-state index is 0.458. The summed E-state index contributed by atoms with van der Waals surface area (Å²) in [5.74, 6) is 0. The summed E-state index contributed by atoms with van der Waals surface area (Å²) in [6, 6.07) is 2.08. The number of aryl methyl sites for hydroxylation is 1. The third-order valence-electron chi connectivity index (χ3n) is 1.61. The van der Waals surface area contributed by atoms with Gasteiger partial charge >= 0.3 is 0 Å². The van der Waals surface area contributed by atoms with Crippen LogP contribution in [0.5, 0.6) is 0 Å². The number of hydrogen-bond acceptors (Lipinski definition) is 2. The Labute approximate surface area is 59.9 Å². The third-order valence-corrected chi connectivity index (χ3v) is 1.61. The predicted molar refractivity (Wildman–Crippen MR) is 37.3 cm³/mol. The first-order chi connectivity index (χ1) is 4.75. The lowest BCUT2D eigenvalue weighted by molar-refractivity contribution is 0.738. The molecule has 0 spiro atoms. The highest BCUT2D eigenvalue weighted by Gasteiger charge is 2.00. The monoisotopic (exact) mass is 135 g/mol. The van der Waals surface area contributed by atoms with Crippen LogP contribution in [0.2, 0.25) is 0 Å². The van der Waals surface area contributed by atoms with Gasteiger partial charge in [-0.05, 0) is 6.92 Å². The SMILES string of the molecule is Cc1c(CC#N)cnn1C. The second-order valence-electron chi connectivity index (χ2n) is 2.21. The van der Waals surface area contributed by atoms with Gasteiger partial charge in [0.25, 0.3) is 0 Å². The first-order valence-electron chi connectivity index (χ1n) is 3.10. The standard InChI is InChI=1S/C7H9N3/c1-6-7(3-4-8)5-9-10(6)2/h5H,3H2,1-2H3. The van der Waals surface area contributed by atoms with E-state index in [9.17, 15) is 0 Å². The highest BCUT2D eigenvalue weighted by molar-refractivity contribution is 5.19. The van der Waals surface area contributed by atoms with Gasteiger partial charge < -0.3 is 0 Å². The van der Waals surface area contributed by atoms with Crippen molar-refractivity contribution in [3.8, 4) is 6.07 Å². The van der Waals surface area contributed by atoms with E-state index in [1.54, 1.807) is 10.9 Å². The Morgan fingerprint density at radius 1 is 1.80 bits per heavy atom. The van der Waals surface area contributed by atoms with E-state index in [1.165, 1.54) is 0 Å². The number of hydrogen-bond donors (Lipinski definition) is 0. The molecule has 52 valence electrons. The molecule has 0 radical (unpaired) electrons. The fourth-order valence-electron chi connectivity index (χ4n) is 0.803. The zero-order chi connectivity index (χ0) is 7.56. The van der Waals surface area contributed by atoms with Gasteiger partial charge in [0, 0.05) is 18.3 Å². The van der Waals surface area contributed by atoms with Crippen molar-refractivity contribution >= 4 is 0 Å². The molecule has 0 aliphatic rings. The van der Waals surface area contributed by atoms with Crippen LogP contribution < -0.4 is 0 Å². The molecular weight excluding hydrogens is 126 g/mol. The molecule has 1 rings (SSSR count). The van der Waals surface area contributed by atoms with Gasteiger partial charge in [-0.2, -0.15) is 10.4 Å². The maximum absolute atomic E-state index is 8.37. The Bertz CT molecular complexity index is 267. The van der Waals surface area contributed by atoms with Crippen molar-refractivity contribution < 1.29 is 0 Å². The summed E-state index contributed by atoms with van der Waals surface area (Å²) in [5.41, 5.74) is 2.09. The van der Waals surface area contributed by atoms with Gasteiger partial charge in [0.1, 0.15) is 0 Å². The minimum atomic E-state index is 0.458. The number of nitriles is 1. The molecular formula is C7H9N3. The lowest BCUT2D eigenvalue weighted by Gasteiger charge is -1.92. The van der Waals surface area contributed by atoms with Crippen LogP contribution in [0.4, 0.5) is 0 Å². The smallest absolute Gasteiger partial charge is 0.0671 e. The largest absolute Gasteiger partial charge is 0.273 e. The zero-order valence-electron chi connectivity index (χ0n) is 6.13. The second-order valence-corrected chi connectivity index (χ2v) is 2.21. The summed E-state index contributed by atoms with van der Waals surface area (Å²) >= 11 is 0. The molecule has 1 aromatic heterocycles. The summed E-state index contributed by atoms with van der Waals surface area (Å²) in [4.78, 5) is 0. The van der Waals surface area contributed by atoms with Crippen molar-refractivity contribution in [3.63, 3.8) is 0 Å². The molecule has 0 saturated carbocycles. The molecule has 1 heterocycles. The molecule has 0 N–H and O–H groups in total. The highest BCUT2D eigenvalue weighted by Crippen LogP contribution is 2.04. The van der Waals surface area contributed by atoms with Gasteiger partial charge in [-0.25, -0.2) is 0 Å². The van der Waals surface area contributed by atoms with Crippen molar-refractivity contribution in [1.29, 1.82) is 5.26 Å². The van der Waals surface area contributed by atoms with E-state index >= 15 is 0 Å². The second kappa shape index (κ2) is 2.53. The zero-order valence-corrected chi connectivity index (χ0v) is 6.13. The number of aromatic nitrogens is 2. The average Bonchev–Trinajstić information content (AvgIpc) is 2.20. The molecule has 0 fully saturated rings. The van der Waals surface area contributed by atoms with E-state index in [1.807, 2.05) is 14.0 Å². The van der Waals surface area contributed by atoms with Crippen molar-refractivity contribution in [1.82, 2.24) is 9.78 Å². The Morgan fingerprint density at radius 3 is 2.90 bits per heavy atom. The molecule has 0 aliphatic heterocycles.